The molecule has 0 spiro atoms. The lowest BCUT2D eigenvalue weighted by atomic mass is 10.2. The Morgan fingerprint density at radius 3 is 2.43 bits per heavy atom. The van der Waals surface area contributed by atoms with E-state index in [1.54, 1.807) is 11.3 Å². The van der Waals surface area contributed by atoms with Crippen LogP contribution in [0.25, 0.3) is 0 Å². The van der Waals surface area contributed by atoms with Gasteiger partial charge in [0.25, 0.3) is 0 Å². The highest BCUT2D eigenvalue weighted by atomic mass is 32.1. The van der Waals surface area contributed by atoms with E-state index in [0.29, 0.717) is 13.0 Å². The minimum atomic E-state index is -0.00889. The van der Waals surface area contributed by atoms with Crippen LogP contribution in [0.3, 0.4) is 0 Å². The lowest BCUT2D eigenvalue weighted by molar-refractivity contribution is -0.115. The molecule has 116 valence electrons. The van der Waals surface area contributed by atoms with Crippen molar-refractivity contribution in [2.75, 3.05) is 5.32 Å². The van der Waals surface area contributed by atoms with Crippen molar-refractivity contribution in [2.24, 2.45) is 0 Å². The van der Waals surface area contributed by atoms with Crippen LogP contribution in [0.5, 0.6) is 5.75 Å². The van der Waals surface area contributed by atoms with Crippen LogP contribution < -0.4 is 10.1 Å². The first-order chi connectivity index (χ1) is 11.3. The van der Waals surface area contributed by atoms with Crippen molar-refractivity contribution in [3.05, 3.63) is 82.6 Å². The maximum absolute atomic E-state index is 11.9. The van der Waals surface area contributed by atoms with Crippen LogP contribution in [0.4, 0.5) is 5.69 Å². The summed E-state index contributed by atoms with van der Waals surface area (Å²) in [6.45, 7) is 0.533. The zero-order chi connectivity index (χ0) is 15.9. The van der Waals surface area contributed by atoms with Gasteiger partial charge in [-0.1, -0.05) is 36.4 Å². The highest BCUT2D eigenvalue weighted by molar-refractivity contribution is 7.10. The van der Waals surface area contributed by atoms with Gasteiger partial charge >= 0.3 is 0 Å². The molecule has 0 fully saturated rings. The van der Waals surface area contributed by atoms with Gasteiger partial charge in [0.2, 0.25) is 5.91 Å². The van der Waals surface area contributed by atoms with E-state index in [1.165, 1.54) is 0 Å². The zero-order valence-electron chi connectivity index (χ0n) is 12.6. The van der Waals surface area contributed by atoms with E-state index < -0.39 is 0 Å². The summed E-state index contributed by atoms with van der Waals surface area (Å²) < 4.78 is 5.73. The summed E-state index contributed by atoms with van der Waals surface area (Å²) in [4.78, 5) is 13.0. The standard InChI is InChI=1S/C19H17NO2S/c21-19(13-18-7-4-12-23-18)20-16-8-10-17(11-9-16)22-14-15-5-2-1-3-6-15/h1-12H,13-14H2,(H,20,21). The summed E-state index contributed by atoms with van der Waals surface area (Å²) >= 11 is 1.59. The largest absolute Gasteiger partial charge is 0.489 e. The fourth-order valence-electron chi connectivity index (χ4n) is 2.15. The third-order valence-corrected chi connectivity index (χ3v) is 4.18. The maximum atomic E-state index is 11.9. The Hall–Kier alpha value is -2.59. The Morgan fingerprint density at radius 2 is 1.74 bits per heavy atom. The Bertz CT molecular complexity index is 737. The smallest absolute Gasteiger partial charge is 0.229 e. The van der Waals surface area contributed by atoms with Gasteiger partial charge in [-0.2, -0.15) is 0 Å². The summed E-state index contributed by atoms with van der Waals surface area (Å²) in [7, 11) is 0. The van der Waals surface area contributed by atoms with Gasteiger partial charge in [-0.25, -0.2) is 0 Å². The zero-order valence-corrected chi connectivity index (χ0v) is 13.4. The van der Waals surface area contributed by atoms with E-state index in [-0.39, 0.29) is 5.91 Å². The number of rotatable bonds is 6. The minimum Gasteiger partial charge on any atom is -0.489 e. The molecular weight excluding hydrogens is 306 g/mol. The minimum absolute atomic E-state index is 0.00889. The van der Waals surface area contributed by atoms with Gasteiger partial charge in [0.05, 0.1) is 6.42 Å². The van der Waals surface area contributed by atoms with Crippen LogP contribution in [0.2, 0.25) is 0 Å². The topological polar surface area (TPSA) is 38.3 Å². The number of amides is 1. The summed E-state index contributed by atoms with van der Waals surface area (Å²) in [5.41, 5.74) is 1.90. The Kier molecular flexibility index (Phi) is 5.06. The molecule has 0 aliphatic heterocycles. The van der Waals surface area contributed by atoms with E-state index in [2.05, 4.69) is 5.32 Å². The van der Waals surface area contributed by atoms with E-state index in [1.807, 2.05) is 72.1 Å². The van der Waals surface area contributed by atoms with Gasteiger partial charge in [0.15, 0.2) is 0 Å². The van der Waals surface area contributed by atoms with Crippen LogP contribution in [0.1, 0.15) is 10.4 Å². The predicted molar refractivity (Wildman–Crippen MR) is 93.9 cm³/mol. The number of benzene rings is 2. The van der Waals surface area contributed by atoms with Gasteiger partial charge in [-0.3, -0.25) is 4.79 Å². The molecule has 2 aromatic carbocycles. The van der Waals surface area contributed by atoms with Crippen molar-refractivity contribution in [3.63, 3.8) is 0 Å². The third-order valence-electron chi connectivity index (χ3n) is 3.30. The van der Waals surface area contributed by atoms with Gasteiger partial charge in [-0.05, 0) is 41.3 Å². The lowest BCUT2D eigenvalue weighted by Crippen LogP contribution is -2.13. The molecule has 1 aromatic heterocycles. The van der Waals surface area contributed by atoms with Gasteiger partial charge in [0.1, 0.15) is 12.4 Å². The van der Waals surface area contributed by atoms with E-state index in [4.69, 9.17) is 4.74 Å². The van der Waals surface area contributed by atoms with Crippen molar-refractivity contribution >= 4 is 22.9 Å². The summed E-state index contributed by atoms with van der Waals surface area (Å²) in [5.74, 6) is 0.774. The number of thiophene rings is 1. The number of hydrogen-bond acceptors (Lipinski definition) is 3. The van der Waals surface area contributed by atoms with Crippen LogP contribution >= 0.6 is 11.3 Å². The second-order valence-corrected chi connectivity index (χ2v) is 6.14. The first-order valence-corrected chi connectivity index (χ1v) is 8.26. The lowest BCUT2D eigenvalue weighted by Gasteiger charge is -2.08. The van der Waals surface area contributed by atoms with Crippen molar-refractivity contribution in [1.82, 2.24) is 0 Å². The predicted octanol–water partition coefficient (Wildman–Crippen LogP) is 4.51. The van der Waals surface area contributed by atoms with Crippen LogP contribution in [0.15, 0.2) is 72.1 Å². The highest BCUT2D eigenvalue weighted by Crippen LogP contribution is 2.18. The van der Waals surface area contributed by atoms with E-state index >= 15 is 0 Å². The fourth-order valence-corrected chi connectivity index (χ4v) is 2.86. The molecule has 3 rings (SSSR count). The molecule has 23 heavy (non-hydrogen) atoms. The average molecular weight is 323 g/mol. The van der Waals surface area contributed by atoms with Gasteiger partial charge in [0, 0.05) is 10.6 Å². The van der Waals surface area contributed by atoms with Crippen molar-refractivity contribution in [2.45, 2.75) is 13.0 Å². The molecular formula is C19H17NO2S. The molecule has 0 unspecified atom stereocenters. The first kappa shape index (κ1) is 15.3. The van der Waals surface area contributed by atoms with Gasteiger partial charge in [-0.15, -0.1) is 11.3 Å². The molecule has 0 radical (unpaired) electrons. The number of nitrogens with one attached hydrogen (secondary N) is 1. The molecule has 0 aliphatic carbocycles. The van der Waals surface area contributed by atoms with Crippen LogP contribution in [0, 0.1) is 0 Å². The third kappa shape index (κ3) is 4.69. The van der Waals surface area contributed by atoms with Crippen LogP contribution in [-0.2, 0) is 17.8 Å². The SMILES string of the molecule is O=C(Cc1cccs1)Nc1ccc(OCc2ccccc2)cc1. The van der Waals surface area contributed by atoms with Crippen molar-refractivity contribution in [1.29, 1.82) is 0 Å². The number of carbonyl (C=O) groups excluding carboxylic acids is 1. The molecule has 1 amide bonds. The molecule has 0 bridgehead atoms. The Balaban J connectivity index is 1.51. The quantitative estimate of drug-likeness (QED) is 0.725. The molecule has 4 heteroatoms. The second kappa shape index (κ2) is 7.61. The maximum Gasteiger partial charge on any atom is 0.229 e. The van der Waals surface area contributed by atoms with Gasteiger partial charge < -0.3 is 10.1 Å². The molecule has 0 saturated carbocycles. The molecule has 0 atom stereocenters. The van der Waals surface area contributed by atoms with E-state index in [0.717, 1.165) is 21.9 Å². The Labute approximate surface area is 139 Å². The van der Waals surface area contributed by atoms with Crippen molar-refractivity contribution < 1.29 is 9.53 Å². The Morgan fingerprint density at radius 1 is 0.957 bits per heavy atom. The second-order valence-electron chi connectivity index (χ2n) is 5.10. The molecule has 1 heterocycles. The average Bonchev–Trinajstić information content (AvgIpc) is 3.08. The van der Waals surface area contributed by atoms with Crippen LogP contribution in [-0.4, -0.2) is 5.91 Å². The summed E-state index contributed by atoms with van der Waals surface area (Å²) in [5, 5.41) is 4.87. The highest BCUT2D eigenvalue weighted by Gasteiger charge is 2.05. The number of ether oxygens (including phenoxy) is 1. The molecule has 3 aromatic rings. The normalized spacial score (nSPS) is 10.3. The summed E-state index contributed by atoms with van der Waals surface area (Å²) in [6, 6.07) is 21.4. The molecule has 1 N–H and O–H groups in total. The fraction of sp³-hybridized carbons (Fsp3) is 0.105. The molecule has 0 aliphatic rings. The van der Waals surface area contributed by atoms with E-state index in [9.17, 15) is 4.79 Å². The molecule has 3 nitrogen and oxygen atoms in total. The first-order valence-electron chi connectivity index (χ1n) is 7.38. The number of carbonyl (C=O) groups is 1. The monoisotopic (exact) mass is 323 g/mol. The number of hydrogen-bond donors (Lipinski definition) is 1. The van der Waals surface area contributed by atoms with Crippen molar-refractivity contribution in [3.8, 4) is 5.75 Å². The molecule has 0 saturated heterocycles. The number of anilines is 1. The summed E-state index contributed by atoms with van der Waals surface area (Å²) in [6.07, 6.45) is 0.407.